The molecule has 0 aliphatic rings. The molecule has 0 fully saturated rings. The summed E-state index contributed by atoms with van der Waals surface area (Å²) in [6.07, 6.45) is 0. The van der Waals surface area contributed by atoms with Crippen molar-refractivity contribution in [2.24, 2.45) is 0 Å². The number of anilines is 1. The summed E-state index contributed by atoms with van der Waals surface area (Å²) < 4.78 is 11.1. The molecule has 0 unspecified atom stereocenters. The summed E-state index contributed by atoms with van der Waals surface area (Å²) in [6.45, 7) is 7.86. The second kappa shape index (κ2) is 7.84. The Labute approximate surface area is 163 Å². The van der Waals surface area contributed by atoms with E-state index in [4.69, 9.17) is 20.9 Å². The predicted molar refractivity (Wildman–Crippen MR) is 106 cm³/mol. The molecule has 0 aliphatic carbocycles. The molecule has 0 bridgehead atoms. The van der Waals surface area contributed by atoms with Crippen LogP contribution in [0.25, 0.3) is 0 Å². The van der Waals surface area contributed by atoms with Gasteiger partial charge in [0.1, 0.15) is 18.1 Å². The smallest absolute Gasteiger partial charge is 0.278 e. The number of carbonyl (C=O) groups excluding carboxylic acids is 1. The maximum absolute atomic E-state index is 12.7. The lowest BCUT2D eigenvalue weighted by molar-refractivity contribution is 0.101. The summed E-state index contributed by atoms with van der Waals surface area (Å²) >= 11 is 6.02. The Bertz CT molecular complexity index is 995. The van der Waals surface area contributed by atoms with Crippen molar-refractivity contribution >= 4 is 23.2 Å². The standard InChI is InChI=1S/C21H21ClN2O3/c1-12-5-8-19(14(3)9-12)26-11-17-15(4)27-24-20(17)21(25)23-18-10-16(22)7-6-13(18)2/h5-10H,11H2,1-4H3,(H,23,25). The van der Waals surface area contributed by atoms with Gasteiger partial charge in [-0.25, -0.2) is 0 Å². The summed E-state index contributed by atoms with van der Waals surface area (Å²) in [5, 5.41) is 7.30. The number of hydrogen-bond donors (Lipinski definition) is 1. The highest BCUT2D eigenvalue weighted by atomic mass is 35.5. The van der Waals surface area contributed by atoms with Crippen LogP contribution < -0.4 is 10.1 Å². The summed E-state index contributed by atoms with van der Waals surface area (Å²) in [4.78, 5) is 12.7. The molecule has 1 N–H and O–H groups in total. The molecular formula is C21H21ClN2O3. The maximum Gasteiger partial charge on any atom is 0.278 e. The number of halogens is 1. The van der Waals surface area contributed by atoms with E-state index in [0.717, 1.165) is 22.4 Å². The second-order valence-corrected chi connectivity index (χ2v) is 6.97. The third kappa shape index (κ3) is 4.31. The topological polar surface area (TPSA) is 64.4 Å². The Morgan fingerprint density at radius 2 is 1.89 bits per heavy atom. The fraction of sp³-hybridized carbons (Fsp3) is 0.238. The molecule has 2 aromatic carbocycles. The van der Waals surface area contributed by atoms with Crippen molar-refractivity contribution in [3.8, 4) is 5.75 Å². The molecule has 27 heavy (non-hydrogen) atoms. The molecule has 1 aromatic heterocycles. The van der Waals surface area contributed by atoms with E-state index in [0.29, 0.717) is 22.0 Å². The Hall–Kier alpha value is -2.79. The summed E-state index contributed by atoms with van der Waals surface area (Å²) in [6, 6.07) is 11.3. The molecule has 0 saturated heterocycles. The van der Waals surface area contributed by atoms with Crippen LogP contribution in [0.3, 0.4) is 0 Å². The van der Waals surface area contributed by atoms with Gasteiger partial charge in [-0.1, -0.05) is 40.5 Å². The van der Waals surface area contributed by atoms with Gasteiger partial charge in [0.2, 0.25) is 0 Å². The Kier molecular flexibility index (Phi) is 5.51. The molecule has 0 radical (unpaired) electrons. The minimum atomic E-state index is -0.364. The second-order valence-electron chi connectivity index (χ2n) is 6.54. The maximum atomic E-state index is 12.7. The van der Waals surface area contributed by atoms with Gasteiger partial charge in [0, 0.05) is 10.7 Å². The van der Waals surface area contributed by atoms with E-state index in [1.54, 1.807) is 19.1 Å². The van der Waals surface area contributed by atoms with Gasteiger partial charge in [-0.2, -0.15) is 0 Å². The van der Waals surface area contributed by atoms with Gasteiger partial charge >= 0.3 is 0 Å². The van der Waals surface area contributed by atoms with E-state index in [1.807, 2.05) is 45.0 Å². The lowest BCUT2D eigenvalue weighted by atomic mass is 10.1. The highest BCUT2D eigenvalue weighted by Crippen LogP contribution is 2.24. The van der Waals surface area contributed by atoms with Gasteiger partial charge in [-0.05, 0) is 57.0 Å². The predicted octanol–water partition coefficient (Wildman–Crippen LogP) is 5.39. The first kappa shape index (κ1) is 19.0. The molecule has 0 aliphatic heterocycles. The lowest BCUT2D eigenvalue weighted by Crippen LogP contribution is -2.16. The molecular weight excluding hydrogens is 364 g/mol. The Morgan fingerprint density at radius 3 is 2.63 bits per heavy atom. The quantitative estimate of drug-likeness (QED) is 0.640. The van der Waals surface area contributed by atoms with Gasteiger partial charge in [-0.15, -0.1) is 0 Å². The van der Waals surface area contributed by atoms with Crippen molar-refractivity contribution in [1.82, 2.24) is 5.16 Å². The SMILES string of the molecule is Cc1ccc(OCc2c(C(=O)Nc3cc(Cl)ccc3C)noc2C)c(C)c1. The molecule has 3 rings (SSSR count). The number of carbonyl (C=O) groups is 1. The normalized spacial score (nSPS) is 10.7. The van der Waals surface area contributed by atoms with Crippen LogP contribution in [-0.4, -0.2) is 11.1 Å². The van der Waals surface area contributed by atoms with Gasteiger partial charge < -0.3 is 14.6 Å². The van der Waals surface area contributed by atoms with Crippen LogP contribution in [0.2, 0.25) is 5.02 Å². The molecule has 0 saturated carbocycles. The van der Waals surface area contributed by atoms with Gasteiger partial charge in [-0.3, -0.25) is 4.79 Å². The third-order valence-corrected chi connectivity index (χ3v) is 4.59. The number of rotatable bonds is 5. The molecule has 140 valence electrons. The van der Waals surface area contributed by atoms with E-state index in [1.165, 1.54) is 0 Å². The average Bonchev–Trinajstić information content (AvgIpc) is 2.98. The fourth-order valence-electron chi connectivity index (χ4n) is 2.76. The zero-order valence-electron chi connectivity index (χ0n) is 15.7. The highest BCUT2D eigenvalue weighted by molar-refractivity contribution is 6.31. The molecule has 6 heteroatoms. The number of nitrogens with one attached hydrogen (secondary N) is 1. The highest BCUT2D eigenvalue weighted by Gasteiger charge is 2.21. The number of ether oxygens (including phenoxy) is 1. The summed E-state index contributed by atoms with van der Waals surface area (Å²) in [7, 11) is 0. The Morgan fingerprint density at radius 1 is 1.11 bits per heavy atom. The van der Waals surface area contributed by atoms with Crippen LogP contribution in [0.4, 0.5) is 5.69 Å². The van der Waals surface area contributed by atoms with Gasteiger partial charge in [0.15, 0.2) is 5.69 Å². The first-order valence-electron chi connectivity index (χ1n) is 8.58. The van der Waals surface area contributed by atoms with Crippen molar-refractivity contribution in [3.05, 3.63) is 75.1 Å². The van der Waals surface area contributed by atoms with Crippen LogP contribution in [0, 0.1) is 27.7 Å². The molecule has 0 spiro atoms. The fourth-order valence-corrected chi connectivity index (χ4v) is 2.93. The van der Waals surface area contributed by atoms with Crippen LogP contribution in [0.5, 0.6) is 5.75 Å². The van der Waals surface area contributed by atoms with Gasteiger partial charge in [0.25, 0.3) is 5.91 Å². The summed E-state index contributed by atoms with van der Waals surface area (Å²) in [5.41, 5.74) is 4.56. The molecule has 3 aromatic rings. The monoisotopic (exact) mass is 384 g/mol. The minimum Gasteiger partial charge on any atom is -0.488 e. The molecule has 1 amide bonds. The average molecular weight is 385 g/mol. The van der Waals surface area contributed by atoms with Crippen LogP contribution in [0.1, 0.15) is 38.5 Å². The number of benzene rings is 2. The number of aromatic nitrogens is 1. The minimum absolute atomic E-state index is 0.191. The van der Waals surface area contributed by atoms with E-state index >= 15 is 0 Å². The molecule has 1 heterocycles. The number of aryl methyl sites for hydroxylation is 4. The third-order valence-electron chi connectivity index (χ3n) is 4.35. The number of nitrogens with zero attached hydrogens (tertiary/aromatic N) is 1. The number of hydrogen-bond acceptors (Lipinski definition) is 4. The van der Waals surface area contributed by atoms with Gasteiger partial charge in [0.05, 0.1) is 5.56 Å². The van der Waals surface area contributed by atoms with Crippen molar-refractivity contribution < 1.29 is 14.1 Å². The first-order valence-corrected chi connectivity index (χ1v) is 8.95. The number of amides is 1. The van der Waals surface area contributed by atoms with Crippen molar-refractivity contribution in [2.45, 2.75) is 34.3 Å². The lowest BCUT2D eigenvalue weighted by Gasteiger charge is -2.11. The van der Waals surface area contributed by atoms with E-state index in [-0.39, 0.29) is 18.2 Å². The van der Waals surface area contributed by atoms with Crippen molar-refractivity contribution in [1.29, 1.82) is 0 Å². The van der Waals surface area contributed by atoms with Crippen LogP contribution in [0.15, 0.2) is 40.9 Å². The van der Waals surface area contributed by atoms with E-state index in [9.17, 15) is 4.79 Å². The zero-order valence-corrected chi connectivity index (χ0v) is 16.5. The van der Waals surface area contributed by atoms with E-state index in [2.05, 4.69) is 10.5 Å². The molecule has 5 nitrogen and oxygen atoms in total. The zero-order chi connectivity index (χ0) is 19.6. The molecule has 0 atom stereocenters. The van der Waals surface area contributed by atoms with Crippen LogP contribution in [-0.2, 0) is 6.61 Å². The van der Waals surface area contributed by atoms with Crippen molar-refractivity contribution in [3.63, 3.8) is 0 Å². The Balaban J connectivity index is 1.79. The largest absolute Gasteiger partial charge is 0.488 e. The van der Waals surface area contributed by atoms with Crippen molar-refractivity contribution in [2.75, 3.05) is 5.32 Å². The van der Waals surface area contributed by atoms with Crippen LogP contribution >= 0.6 is 11.6 Å². The summed E-state index contributed by atoms with van der Waals surface area (Å²) in [5.74, 6) is 0.947. The van der Waals surface area contributed by atoms with E-state index < -0.39 is 0 Å². The first-order chi connectivity index (χ1) is 12.8.